The fourth-order valence-corrected chi connectivity index (χ4v) is 3.28. The van der Waals surface area contributed by atoms with Crippen molar-refractivity contribution in [2.45, 2.75) is 31.3 Å². The summed E-state index contributed by atoms with van der Waals surface area (Å²) in [5.74, 6) is 1.81. The number of rotatable bonds is 4. The number of benzene rings is 1. The van der Waals surface area contributed by atoms with E-state index in [1.54, 1.807) is 6.21 Å². The number of aliphatic carboxylic acids is 1. The van der Waals surface area contributed by atoms with Crippen LogP contribution in [0.4, 0.5) is 0 Å². The number of thioether (sulfide) groups is 1. The lowest BCUT2D eigenvalue weighted by Crippen LogP contribution is -2.26. The van der Waals surface area contributed by atoms with Gasteiger partial charge in [-0.15, -0.1) is 10.6 Å². The van der Waals surface area contributed by atoms with Gasteiger partial charge in [0.2, 0.25) is 5.91 Å². The first kappa shape index (κ1) is 19.0. The number of carbonyl (C=O) groups is 2. The summed E-state index contributed by atoms with van der Waals surface area (Å²) in [6.45, 7) is 6.56. The van der Waals surface area contributed by atoms with Gasteiger partial charge in [-0.2, -0.15) is 5.10 Å². The van der Waals surface area contributed by atoms with Crippen LogP contribution in [0.5, 0.6) is 0 Å². The molecule has 1 aliphatic heterocycles. The zero-order valence-electron chi connectivity index (χ0n) is 14.2. The Morgan fingerprint density at radius 3 is 2.88 bits per heavy atom. The predicted octanol–water partition coefficient (Wildman–Crippen LogP) is 2.31. The SMILES string of the molecule is C[Si](C)(C)C#Cc1cccc(C=NN=C2NC(=O)C(CC(=O)O)S2)c1. The van der Waals surface area contributed by atoms with Crippen molar-refractivity contribution in [3.63, 3.8) is 0 Å². The summed E-state index contributed by atoms with van der Waals surface area (Å²) >= 11 is 1.07. The van der Waals surface area contributed by atoms with Gasteiger partial charge in [0.25, 0.3) is 0 Å². The van der Waals surface area contributed by atoms with E-state index in [-0.39, 0.29) is 12.3 Å². The first-order valence-electron chi connectivity index (χ1n) is 7.66. The van der Waals surface area contributed by atoms with Gasteiger partial charge < -0.3 is 10.4 Å². The number of carbonyl (C=O) groups excluding carboxylic acids is 1. The van der Waals surface area contributed by atoms with Crippen molar-refractivity contribution in [1.82, 2.24) is 5.32 Å². The standard InChI is InChI=1S/C17H19N3O3SSi/c1-25(2,3)8-7-12-5-4-6-13(9-12)11-18-20-17-19-16(23)14(24-17)10-15(21)22/h4-6,9,11,14H,10H2,1-3H3,(H,21,22)(H,19,20,23). The number of carboxylic acid groups (broad SMARTS) is 1. The van der Waals surface area contributed by atoms with Crippen molar-refractivity contribution in [3.05, 3.63) is 35.4 Å². The molecule has 0 bridgehead atoms. The average Bonchev–Trinajstić information content (AvgIpc) is 2.84. The molecule has 0 spiro atoms. The van der Waals surface area contributed by atoms with Crippen LogP contribution in [-0.4, -0.2) is 41.7 Å². The van der Waals surface area contributed by atoms with Gasteiger partial charge in [0.1, 0.15) is 13.3 Å². The molecule has 1 aliphatic rings. The van der Waals surface area contributed by atoms with E-state index in [0.717, 1.165) is 22.9 Å². The Morgan fingerprint density at radius 2 is 2.20 bits per heavy atom. The Hall–Kier alpha value is -2.37. The molecule has 1 fully saturated rings. The van der Waals surface area contributed by atoms with Crippen LogP contribution < -0.4 is 5.32 Å². The van der Waals surface area contributed by atoms with Crippen molar-refractivity contribution in [3.8, 4) is 11.5 Å². The summed E-state index contributed by atoms with van der Waals surface area (Å²) in [6.07, 6.45) is 1.33. The maximum atomic E-state index is 11.6. The van der Waals surface area contributed by atoms with E-state index >= 15 is 0 Å². The molecule has 1 aromatic rings. The summed E-state index contributed by atoms with van der Waals surface area (Å²) in [7, 11) is -1.43. The molecule has 1 heterocycles. The molecule has 0 aliphatic carbocycles. The van der Waals surface area contributed by atoms with Gasteiger partial charge in [0.05, 0.1) is 12.6 Å². The van der Waals surface area contributed by atoms with Gasteiger partial charge in [-0.1, -0.05) is 49.5 Å². The number of amidine groups is 1. The Balaban J connectivity index is 2.04. The van der Waals surface area contributed by atoms with E-state index in [2.05, 4.69) is 46.6 Å². The average molecular weight is 374 g/mol. The summed E-state index contributed by atoms with van der Waals surface area (Å²) in [4.78, 5) is 22.3. The smallest absolute Gasteiger partial charge is 0.305 e. The fraction of sp³-hybridized carbons (Fsp3) is 0.294. The minimum Gasteiger partial charge on any atom is -0.481 e. The van der Waals surface area contributed by atoms with Crippen LogP contribution >= 0.6 is 11.8 Å². The van der Waals surface area contributed by atoms with E-state index in [9.17, 15) is 9.59 Å². The second-order valence-corrected chi connectivity index (χ2v) is 12.4. The number of hydrogen-bond donors (Lipinski definition) is 2. The molecule has 0 saturated carbocycles. The van der Waals surface area contributed by atoms with Crippen LogP contribution in [0.25, 0.3) is 0 Å². The van der Waals surface area contributed by atoms with Gasteiger partial charge in [-0.25, -0.2) is 0 Å². The fourth-order valence-electron chi connectivity index (χ4n) is 1.85. The maximum absolute atomic E-state index is 11.6. The normalized spacial score (nSPS) is 18.9. The van der Waals surface area contributed by atoms with E-state index < -0.39 is 19.3 Å². The minimum absolute atomic E-state index is 0.239. The number of hydrogen-bond acceptors (Lipinski definition) is 5. The topological polar surface area (TPSA) is 91.1 Å². The maximum Gasteiger partial charge on any atom is 0.305 e. The first-order valence-corrected chi connectivity index (χ1v) is 12.0. The summed E-state index contributed by atoms with van der Waals surface area (Å²) in [5.41, 5.74) is 5.08. The largest absolute Gasteiger partial charge is 0.481 e. The van der Waals surface area contributed by atoms with Crippen LogP contribution in [0.1, 0.15) is 17.5 Å². The quantitative estimate of drug-likeness (QED) is 0.367. The van der Waals surface area contributed by atoms with Gasteiger partial charge in [0.15, 0.2) is 5.17 Å². The molecule has 1 atom stereocenters. The lowest BCUT2D eigenvalue weighted by Gasteiger charge is -2.03. The van der Waals surface area contributed by atoms with Crippen LogP contribution in [0.3, 0.4) is 0 Å². The zero-order valence-corrected chi connectivity index (χ0v) is 16.1. The van der Waals surface area contributed by atoms with Gasteiger partial charge >= 0.3 is 5.97 Å². The van der Waals surface area contributed by atoms with Gasteiger partial charge in [-0.3, -0.25) is 9.59 Å². The second kappa shape index (κ2) is 8.14. The lowest BCUT2D eigenvalue weighted by atomic mass is 10.1. The van der Waals surface area contributed by atoms with Crippen molar-refractivity contribution in [2.24, 2.45) is 10.2 Å². The van der Waals surface area contributed by atoms with Crippen molar-refractivity contribution in [1.29, 1.82) is 0 Å². The van der Waals surface area contributed by atoms with E-state index in [4.69, 9.17) is 5.11 Å². The van der Waals surface area contributed by atoms with Gasteiger partial charge in [0, 0.05) is 5.56 Å². The molecular formula is C17H19N3O3SSi. The Labute approximate surface area is 151 Å². The highest BCUT2D eigenvalue weighted by Crippen LogP contribution is 2.22. The Bertz CT molecular complexity index is 803. The molecule has 1 unspecified atom stereocenters. The minimum atomic E-state index is -1.43. The van der Waals surface area contributed by atoms with Crippen LogP contribution in [-0.2, 0) is 9.59 Å². The molecule has 1 amide bonds. The third-order valence-corrected chi connectivity index (χ3v) is 4.91. The van der Waals surface area contributed by atoms with Crippen molar-refractivity contribution < 1.29 is 14.7 Å². The highest BCUT2D eigenvalue weighted by Gasteiger charge is 2.32. The molecule has 0 aromatic heterocycles. The van der Waals surface area contributed by atoms with Crippen LogP contribution in [0.2, 0.25) is 19.6 Å². The van der Waals surface area contributed by atoms with E-state index in [0.29, 0.717) is 5.17 Å². The highest BCUT2D eigenvalue weighted by molar-refractivity contribution is 8.15. The van der Waals surface area contributed by atoms with E-state index in [1.807, 2.05) is 24.3 Å². The number of amides is 1. The molecule has 130 valence electrons. The third-order valence-electron chi connectivity index (χ3n) is 2.96. The zero-order chi connectivity index (χ0) is 18.4. The molecule has 0 radical (unpaired) electrons. The number of nitrogens with zero attached hydrogens (tertiary/aromatic N) is 2. The predicted molar refractivity (Wildman–Crippen MR) is 103 cm³/mol. The first-order chi connectivity index (χ1) is 11.7. The molecule has 2 rings (SSSR count). The van der Waals surface area contributed by atoms with E-state index in [1.165, 1.54) is 0 Å². The molecule has 2 N–H and O–H groups in total. The number of nitrogens with one attached hydrogen (secondary N) is 1. The van der Waals surface area contributed by atoms with Crippen LogP contribution in [0.15, 0.2) is 34.5 Å². The molecule has 1 saturated heterocycles. The second-order valence-electron chi connectivity index (χ2n) is 6.47. The Morgan fingerprint density at radius 1 is 1.44 bits per heavy atom. The van der Waals surface area contributed by atoms with Crippen LogP contribution in [0, 0.1) is 11.5 Å². The molecule has 1 aromatic carbocycles. The summed E-state index contributed by atoms with van der Waals surface area (Å²) < 4.78 is 0. The molecule has 6 nitrogen and oxygen atoms in total. The lowest BCUT2D eigenvalue weighted by molar-refractivity contribution is -0.138. The monoisotopic (exact) mass is 373 g/mol. The summed E-state index contributed by atoms with van der Waals surface area (Å²) in [5, 5.41) is 18.8. The Kier molecular flexibility index (Phi) is 6.17. The molecular weight excluding hydrogens is 354 g/mol. The highest BCUT2D eigenvalue weighted by atomic mass is 32.2. The van der Waals surface area contributed by atoms with Crippen molar-refractivity contribution >= 4 is 43.1 Å². The number of carboxylic acids is 1. The summed E-state index contributed by atoms with van der Waals surface area (Å²) in [6, 6.07) is 7.65. The molecule has 25 heavy (non-hydrogen) atoms. The molecule has 8 heteroatoms. The van der Waals surface area contributed by atoms with Crippen molar-refractivity contribution in [2.75, 3.05) is 0 Å². The third kappa shape index (κ3) is 6.56. The van der Waals surface area contributed by atoms with Gasteiger partial charge in [-0.05, 0) is 17.7 Å².